The fraction of sp³-hybridized carbons (Fsp3) is 0.632. The van der Waals surface area contributed by atoms with E-state index in [9.17, 15) is 0 Å². The summed E-state index contributed by atoms with van der Waals surface area (Å²) in [6.07, 6.45) is 2.55. The number of methoxy groups -OCH3 is 1. The second-order valence-corrected chi connectivity index (χ2v) is 6.44. The molecule has 0 aliphatic carbocycles. The largest absolute Gasteiger partial charge is 0.497 e. The van der Waals surface area contributed by atoms with Crippen molar-refractivity contribution in [1.29, 1.82) is 0 Å². The van der Waals surface area contributed by atoms with Gasteiger partial charge >= 0.3 is 0 Å². The average molecular weight is 476 g/mol. The van der Waals surface area contributed by atoms with Crippen molar-refractivity contribution in [2.45, 2.75) is 19.8 Å². The predicted octanol–water partition coefficient (Wildman–Crippen LogP) is 2.59. The first-order valence-electron chi connectivity index (χ1n) is 9.19. The van der Waals surface area contributed by atoms with E-state index in [0.29, 0.717) is 19.1 Å². The lowest BCUT2D eigenvalue weighted by atomic mass is 9.99. The molecule has 1 aliphatic rings. The van der Waals surface area contributed by atoms with Gasteiger partial charge in [-0.15, -0.1) is 24.0 Å². The minimum absolute atomic E-state index is 0. The van der Waals surface area contributed by atoms with Crippen LogP contribution in [0.3, 0.4) is 0 Å². The SMILES string of the molecule is CCNC(=NCC1CCCN(C)C1)NCCOc1ccc(OC)cc1.I. The minimum Gasteiger partial charge on any atom is -0.497 e. The van der Waals surface area contributed by atoms with Crippen LogP contribution in [-0.4, -0.2) is 64.3 Å². The summed E-state index contributed by atoms with van der Waals surface area (Å²) in [7, 11) is 3.85. The molecule has 1 aromatic rings. The Hall–Kier alpha value is -1.22. The molecule has 1 aromatic carbocycles. The quantitative estimate of drug-likeness (QED) is 0.262. The van der Waals surface area contributed by atoms with Gasteiger partial charge < -0.3 is 25.0 Å². The van der Waals surface area contributed by atoms with Crippen molar-refractivity contribution in [2.24, 2.45) is 10.9 Å². The Morgan fingerprint density at radius 2 is 1.96 bits per heavy atom. The van der Waals surface area contributed by atoms with E-state index in [4.69, 9.17) is 14.5 Å². The van der Waals surface area contributed by atoms with Gasteiger partial charge in [0.05, 0.1) is 13.7 Å². The summed E-state index contributed by atoms with van der Waals surface area (Å²) in [5, 5.41) is 6.64. The van der Waals surface area contributed by atoms with E-state index in [1.54, 1.807) is 7.11 Å². The lowest BCUT2D eigenvalue weighted by Crippen LogP contribution is -2.40. The molecule has 1 heterocycles. The van der Waals surface area contributed by atoms with Gasteiger partial charge in [-0.25, -0.2) is 0 Å². The molecule has 0 amide bonds. The van der Waals surface area contributed by atoms with Gasteiger partial charge in [0.1, 0.15) is 18.1 Å². The van der Waals surface area contributed by atoms with E-state index >= 15 is 0 Å². The van der Waals surface area contributed by atoms with Crippen molar-refractivity contribution in [1.82, 2.24) is 15.5 Å². The molecule has 7 heteroatoms. The van der Waals surface area contributed by atoms with Crippen LogP contribution in [0.4, 0.5) is 0 Å². The summed E-state index contributed by atoms with van der Waals surface area (Å²) in [6, 6.07) is 7.63. The molecule has 6 nitrogen and oxygen atoms in total. The van der Waals surface area contributed by atoms with Crippen LogP contribution in [0.25, 0.3) is 0 Å². The van der Waals surface area contributed by atoms with E-state index in [2.05, 4.69) is 29.5 Å². The Labute approximate surface area is 174 Å². The number of hydrogen-bond donors (Lipinski definition) is 2. The van der Waals surface area contributed by atoms with Gasteiger partial charge in [-0.1, -0.05) is 0 Å². The van der Waals surface area contributed by atoms with E-state index in [1.165, 1.54) is 19.4 Å². The number of piperidine rings is 1. The zero-order chi connectivity index (χ0) is 17.9. The topological polar surface area (TPSA) is 58.1 Å². The first-order valence-corrected chi connectivity index (χ1v) is 9.19. The molecule has 1 fully saturated rings. The molecule has 1 aliphatic heterocycles. The van der Waals surface area contributed by atoms with Gasteiger partial charge in [0, 0.05) is 19.6 Å². The van der Waals surface area contributed by atoms with E-state index in [-0.39, 0.29) is 24.0 Å². The zero-order valence-electron chi connectivity index (χ0n) is 16.2. The first-order chi connectivity index (χ1) is 12.2. The van der Waals surface area contributed by atoms with Gasteiger partial charge in [-0.3, -0.25) is 4.99 Å². The summed E-state index contributed by atoms with van der Waals surface area (Å²) in [6.45, 7) is 7.46. The van der Waals surface area contributed by atoms with Crippen LogP contribution in [-0.2, 0) is 0 Å². The summed E-state index contributed by atoms with van der Waals surface area (Å²) >= 11 is 0. The molecule has 26 heavy (non-hydrogen) atoms. The van der Waals surface area contributed by atoms with E-state index in [0.717, 1.165) is 37.1 Å². The molecule has 148 valence electrons. The maximum atomic E-state index is 5.74. The molecule has 0 radical (unpaired) electrons. The maximum Gasteiger partial charge on any atom is 0.191 e. The Bertz CT molecular complexity index is 525. The lowest BCUT2D eigenvalue weighted by Gasteiger charge is -2.28. The predicted molar refractivity (Wildman–Crippen MR) is 118 cm³/mol. The normalized spacial score (nSPS) is 18.0. The van der Waals surface area contributed by atoms with Gasteiger partial charge in [0.2, 0.25) is 0 Å². The second-order valence-electron chi connectivity index (χ2n) is 6.44. The molecule has 0 spiro atoms. The van der Waals surface area contributed by atoms with Crippen molar-refractivity contribution in [2.75, 3.05) is 53.5 Å². The molecular weight excluding hydrogens is 443 g/mol. The second kappa shape index (κ2) is 13.0. The van der Waals surface area contributed by atoms with Crippen LogP contribution < -0.4 is 20.1 Å². The highest BCUT2D eigenvalue weighted by Crippen LogP contribution is 2.17. The van der Waals surface area contributed by atoms with Crippen molar-refractivity contribution in [3.63, 3.8) is 0 Å². The molecule has 1 unspecified atom stereocenters. The average Bonchev–Trinajstić information content (AvgIpc) is 2.63. The minimum atomic E-state index is 0. The Kier molecular flexibility index (Phi) is 11.4. The van der Waals surface area contributed by atoms with Crippen LogP contribution in [0, 0.1) is 5.92 Å². The van der Waals surface area contributed by atoms with Crippen LogP contribution in [0.15, 0.2) is 29.3 Å². The third-order valence-corrected chi connectivity index (χ3v) is 4.30. The number of benzene rings is 1. The summed E-state index contributed by atoms with van der Waals surface area (Å²) < 4.78 is 10.9. The number of aliphatic imine (C=N–C) groups is 1. The number of rotatable bonds is 8. The third-order valence-electron chi connectivity index (χ3n) is 4.30. The first kappa shape index (κ1) is 22.8. The van der Waals surface area contributed by atoms with Crippen LogP contribution >= 0.6 is 24.0 Å². The Morgan fingerprint density at radius 1 is 1.23 bits per heavy atom. The molecule has 1 atom stereocenters. The number of nitrogens with zero attached hydrogens (tertiary/aromatic N) is 2. The van der Waals surface area contributed by atoms with Gasteiger partial charge in [0.15, 0.2) is 5.96 Å². The van der Waals surface area contributed by atoms with Crippen molar-refractivity contribution < 1.29 is 9.47 Å². The van der Waals surface area contributed by atoms with Crippen LogP contribution in [0.1, 0.15) is 19.8 Å². The molecule has 2 N–H and O–H groups in total. The highest BCUT2D eigenvalue weighted by Gasteiger charge is 2.16. The zero-order valence-corrected chi connectivity index (χ0v) is 18.5. The molecule has 0 saturated carbocycles. The Morgan fingerprint density at radius 3 is 2.62 bits per heavy atom. The van der Waals surface area contributed by atoms with Crippen molar-refractivity contribution >= 4 is 29.9 Å². The fourth-order valence-corrected chi connectivity index (χ4v) is 2.99. The van der Waals surface area contributed by atoms with Crippen molar-refractivity contribution in [3.8, 4) is 11.5 Å². The standard InChI is InChI=1S/C19H32N4O2.HI/c1-4-20-19(22-14-16-6-5-12-23(2)15-16)21-11-13-25-18-9-7-17(24-3)8-10-18;/h7-10,16H,4-6,11-15H2,1-3H3,(H2,20,21,22);1H. The summed E-state index contributed by atoms with van der Waals surface area (Å²) in [5.74, 6) is 3.20. The molecule has 0 aromatic heterocycles. The number of likely N-dealkylation sites (tertiary alicyclic amines) is 1. The smallest absolute Gasteiger partial charge is 0.191 e. The van der Waals surface area contributed by atoms with Gasteiger partial charge in [0.25, 0.3) is 0 Å². The number of nitrogens with one attached hydrogen (secondary N) is 2. The highest BCUT2D eigenvalue weighted by atomic mass is 127. The summed E-state index contributed by atoms with van der Waals surface area (Å²) in [5.41, 5.74) is 0. The number of hydrogen-bond acceptors (Lipinski definition) is 4. The summed E-state index contributed by atoms with van der Waals surface area (Å²) in [4.78, 5) is 7.13. The van der Waals surface area contributed by atoms with E-state index < -0.39 is 0 Å². The van der Waals surface area contributed by atoms with Crippen LogP contribution in [0.5, 0.6) is 11.5 Å². The molecular formula is C19H33IN4O2. The van der Waals surface area contributed by atoms with Crippen molar-refractivity contribution in [3.05, 3.63) is 24.3 Å². The number of ether oxygens (including phenoxy) is 2. The van der Waals surface area contributed by atoms with Crippen LogP contribution in [0.2, 0.25) is 0 Å². The monoisotopic (exact) mass is 476 g/mol. The number of guanidine groups is 1. The lowest BCUT2D eigenvalue weighted by molar-refractivity contribution is 0.214. The molecule has 2 rings (SSSR count). The third kappa shape index (κ3) is 8.44. The molecule has 0 bridgehead atoms. The highest BCUT2D eigenvalue weighted by molar-refractivity contribution is 14.0. The van der Waals surface area contributed by atoms with Gasteiger partial charge in [-0.2, -0.15) is 0 Å². The maximum absolute atomic E-state index is 5.74. The van der Waals surface area contributed by atoms with Gasteiger partial charge in [-0.05, 0) is 63.5 Å². The van der Waals surface area contributed by atoms with E-state index in [1.807, 2.05) is 24.3 Å². The Balaban J connectivity index is 0.00000338. The number of halogens is 1. The molecule has 1 saturated heterocycles. The fourth-order valence-electron chi connectivity index (χ4n) is 2.99.